The summed E-state index contributed by atoms with van der Waals surface area (Å²) in [6, 6.07) is 4.31. The number of fused-ring (bicyclic) bond motifs is 1. The molecule has 0 fully saturated rings. The second kappa shape index (κ2) is 5.08. The number of hydrogen-bond donors (Lipinski definition) is 1. The van der Waals surface area contributed by atoms with Gasteiger partial charge in [-0.05, 0) is 18.2 Å². The second-order valence-corrected chi connectivity index (χ2v) is 4.68. The standard InChI is InChI=1S/C14H13FN2O4/c1-17-11(7-10(16-17)14(18)19)8-5-9(15)13-12(6-8)20-3-2-4-21-13/h5-7H,2-4H2,1H3,(H,18,19). The van der Waals surface area contributed by atoms with Crippen molar-refractivity contribution >= 4 is 5.97 Å². The van der Waals surface area contributed by atoms with Crippen LogP contribution >= 0.6 is 0 Å². The number of aromatic carboxylic acids is 1. The summed E-state index contributed by atoms with van der Waals surface area (Å²) < 4.78 is 26.3. The van der Waals surface area contributed by atoms with Gasteiger partial charge < -0.3 is 14.6 Å². The van der Waals surface area contributed by atoms with Crippen molar-refractivity contribution in [3.05, 3.63) is 29.7 Å². The van der Waals surface area contributed by atoms with Crippen LogP contribution in [0.3, 0.4) is 0 Å². The van der Waals surface area contributed by atoms with Crippen LogP contribution in [0.2, 0.25) is 0 Å². The lowest BCUT2D eigenvalue weighted by molar-refractivity contribution is 0.0689. The number of halogens is 1. The number of aromatic nitrogens is 2. The summed E-state index contributed by atoms with van der Waals surface area (Å²) in [5.41, 5.74) is 0.876. The average Bonchev–Trinajstić information content (AvgIpc) is 2.68. The molecule has 1 aliphatic heterocycles. The highest BCUT2D eigenvalue weighted by molar-refractivity contribution is 5.87. The molecule has 3 rings (SSSR count). The molecule has 0 spiro atoms. The van der Waals surface area contributed by atoms with E-state index < -0.39 is 11.8 Å². The minimum absolute atomic E-state index is 0.0943. The molecule has 0 saturated heterocycles. The number of rotatable bonds is 2. The lowest BCUT2D eigenvalue weighted by atomic mass is 10.1. The molecular formula is C14H13FN2O4. The molecule has 0 saturated carbocycles. The zero-order valence-corrected chi connectivity index (χ0v) is 11.3. The smallest absolute Gasteiger partial charge is 0.356 e. The first-order chi connectivity index (χ1) is 10.1. The van der Waals surface area contributed by atoms with Crippen molar-refractivity contribution in [3.8, 4) is 22.8 Å². The molecule has 0 aliphatic carbocycles. The van der Waals surface area contributed by atoms with Crippen molar-refractivity contribution in [2.75, 3.05) is 13.2 Å². The molecule has 6 nitrogen and oxygen atoms in total. The molecule has 0 atom stereocenters. The number of carboxylic acids is 1. The van der Waals surface area contributed by atoms with Crippen LogP contribution in [0.5, 0.6) is 11.5 Å². The highest BCUT2D eigenvalue weighted by Gasteiger charge is 2.20. The lowest BCUT2D eigenvalue weighted by Gasteiger charge is -2.10. The summed E-state index contributed by atoms with van der Waals surface area (Å²) in [7, 11) is 1.60. The Hall–Kier alpha value is -2.57. The van der Waals surface area contributed by atoms with E-state index in [4.69, 9.17) is 14.6 Å². The molecule has 2 heterocycles. The van der Waals surface area contributed by atoms with E-state index >= 15 is 0 Å². The van der Waals surface area contributed by atoms with Crippen molar-refractivity contribution < 1.29 is 23.8 Å². The fourth-order valence-corrected chi connectivity index (χ4v) is 2.22. The summed E-state index contributed by atoms with van der Waals surface area (Å²) >= 11 is 0. The van der Waals surface area contributed by atoms with E-state index in [9.17, 15) is 9.18 Å². The summed E-state index contributed by atoms with van der Waals surface area (Å²) in [6.07, 6.45) is 0.679. The van der Waals surface area contributed by atoms with Crippen LogP contribution < -0.4 is 9.47 Å². The van der Waals surface area contributed by atoms with Gasteiger partial charge in [-0.25, -0.2) is 9.18 Å². The first-order valence-corrected chi connectivity index (χ1v) is 6.43. The molecular weight excluding hydrogens is 279 g/mol. The third kappa shape index (κ3) is 2.42. The van der Waals surface area contributed by atoms with Gasteiger partial charge in [0.05, 0.1) is 18.9 Å². The van der Waals surface area contributed by atoms with Gasteiger partial charge in [-0.15, -0.1) is 0 Å². The van der Waals surface area contributed by atoms with Crippen LogP contribution in [0.1, 0.15) is 16.9 Å². The van der Waals surface area contributed by atoms with Crippen LogP contribution in [0.25, 0.3) is 11.3 Å². The fraction of sp³-hybridized carbons (Fsp3) is 0.286. The average molecular weight is 292 g/mol. The van der Waals surface area contributed by atoms with Gasteiger partial charge in [0.2, 0.25) is 0 Å². The van der Waals surface area contributed by atoms with Gasteiger partial charge in [0.15, 0.2) is 23.0 Å². The third-order valence-corrected chi connectivity index (χ3v) is 3.20. The molecule has 0 unspecified atom stereocenters. The zero-order valence-electron chi connectivity index (χ0n) is 11.3. The largest absolute Gasteiger partial charge is 0.489 e. The molecule has 1 aliphatic rings. The molecule has 21 heavy (non-hydrogen) atoms. The van der Waals surface area contributed by atoms with Crippen LogP contribution in [-0.4, -0.2) is 34.1 Å². The van der Waals surface area contributed by atoms with E-state index in [0.717, 1.165) is 0 Å². The number of hydrogen-bond acceptors (Lipinski definition) is 4. The maximum absolute atomic E-state index is 14.1. The number of carboxylic acid groups (broad SMARTS) is 1. The Morgan fingerprint density at radius 2 is 2.10 bits per heavy atom. The van der Waals surface area contributed by atoms with Gasteiger partial charge in [-0.3, -0.25) is 4.68 Å². The predicted molar refractivity (Wildman–Crippen MR) is 71.2 cm³/mol. The van der Waals surface area contributed by atoms with Crippen LogP contribution in [-0.2, 0) is 7.05 Å². The quantitative estimate of drug-likeness (QED) is 0.917. The Labute approximate surface area is 119 Å². The van der Waals surface area contributed by atoms with E-state index in [2.05, 4.69) is 5.10 Å². The molecule has 7 heteroatoms. The van der Waals surface area contributed by atoms with Crippen molar-refractivity contribution in [2.24, 2.45) is 7.05 Å². The van der Waals surface area contributed by atoms with E-state index in [0.29, 0.717) is 36.6 Å². The summed E-state index contributed by atoms with van der Waals surface area (Å²) in [5, 5.41) is 12.8. The molecule has 0 bridgehead atoms. The molecule has 0 radical (unpaired) electrons. The van der Waals surface area contributed by atoms with Gasteiger partial charge in [-0.1, -0.05) is 0 Å². The minimum Gasteiger partial charge on any atom is -0.489 e. The van der Waals surface area contributed by atoms with Crippen molar-refractivity contribution in [1.82, 2.24) is 9.78 Å². The number of aryl methyl sites for hydroxylation is 1. The van der Waals surface area contributed by atoms with E-state index in [-0.39, 0.29) is 11.4 Å². The summed E-state index contributed by atoms with van der Waals surface area (Å²) in [5.74, 6) is -1.26. The Bertz CT molecular complexity index is 711. The number of ether oxygens (including phenoxy) is 2. The number of nitrogens with zero attached hydrogens (tertiary/aromatic N) is 2. The first kappa shape index (κ1) is 13.4. The predicted octanol–water partition coefficient (Wildman–Crippen LogP) is 2.09. The third-order valence-electron chi connectivity index (χ3n) is 3.20. The van der Waals surface area contributed by atoms with Gasteiger partial charge in [0, 0.05) is 19.0 Å². The Kier molecular flexibility index (Phi) is 3.25. The number of carbonyl (C=O) groups is 1. The lowest BCUT2D eigenvalue weighted by Crippen LogP contribution is -2.00. The fourth-order valence-electron chi connectivity index (χ4n) is 2.22. The van der Waals surface area contributed by atoms with Gasteiger partial charge in [0.1, 0.15) is 0 Å². The van der Waals surface area contributed by atoms with Crippen LogP contribution in [0.4, 0.5) is 4.39 Å². The summed E-state index contributed by atoms with van der Waals surface area (Å²) in [4.78, 5) is 10.9. The van der Waals surface area contributed by atoms with Crippen molar-refractivity contribution in [2.45, 2.75) is 6.42 Å². The SMILES string of the molecule is Cn1nc(C(=O)O)cc1-c1cc(F)c2c(c1)OCCCO2. The Balaban J connectivity index is 2.09. The molecule has 110 valence electrons. The van der Waals surface area contributed by atoms with Crippen LogP contribution in [0.15, 0.2) is 18.2 Å². The molecule has 1 aromatic carbocycles. The van der Waals surface area contributed by atoms with Gasteiger partial charge >= 0.3 is 5.97 Å². The highest BCUT2D eigenvalue weighted by atomic mass is 19.1. The van der Waals surface area contributed by atoms with Gasteiger partial charge in [0.25, 0.3) is 0 Å². The van der Waals surface area contributed by atoms with Crippen molar-refractivity contribution in [1.29, 1.82) is 0 Å². The van der Waals surface area contributed by atoms with Crippen LogP contribution in [0, 0.1) is 5.82 Å². The Morgan fingerprint density at radius 3 is 2.81 bits per heavy atom. The maximum Gasteiger partial charge on any atom is 0.356 e. The molecule has 2 aromatic rings. The van der Waals surface area contributed by atoms with Gasteiger partial charge in [-0.2, -0.15) is 5.10 Å². The maximum atomic E-state index is 14.1. The monoisotopic (exact) mass is 292 g/mol. The number of benzene rings is 1. The van der Waals surface area contributed by atoms with E-state index in [1.54, 1.807) is 13.1 Å². The van der Waals surface area contributed by atoms with E-state index in [1.165, 1.54) is 16.8 Å². The molecule has 1 N–H and O–H groups in total. The second-order valence-electron chi connectivity index (χ2n) is 4.68. The normalized spacial score (nSPS) is 13.8. The highest BCUT2D eigenvalue weighted by Crippen LogP contribution is 2.37. The first-order valence-electron chi connectivity index (χ1n) is 6.43. The molecule has 0 amide bonds. The molecule has 1 aromatic heterocycles. The summed E-state index contributed by atoms with van der Waals surface area (Å²) in [6.45, 7) is 0.847. The Morgan fingerprint density at radius 1 is 1.33 bits per heavy atom. The zero-order chi connectivity index (χ0) is 15.0. The topological polar surface area (TPSA) is 73.6 Å². The van der Waals surface area contributed by atoms with Crippen molar-refractivity contribution in [3.63, 3.8) is 0 Å². The van der Waals surface area contributed by atoms with E-state index in [1.807, 2.05) is 0 Å². The minimum atomic E-state index is -1.13.